The first kappa shape index (κ1) is 15.9. The Labute approximate surface area is 130 Å². The molecule has 0 spiro atoms. The zero-order valence-electron chi connectivity index (χ0n) is 11.8. The van der Waals surface area contributed by atoms with Gasteiger partial charge in [-0.3, -0.25) is 0 Å². The lowest BCUT2D eigenvalue weighted by molar-refractivity contribution is 0.255. The summed E-state index contributed by atoms with van der Waals surface area (Å²) in [5.74, 6) is 0.646. The number of likely N-dealkylation sites (tertiary alicyclic amines) is 1. The fraction of sp³-hybridized carbons (Fsp3) is 0.400. The molecule has 1 heterocycles. The first-order valence-electron chi connectivity index (χ1n) is 6.80. The molecule has 0 bridgehead atoms. The van der Waals surface area contributed by atoms with Crippen LogP contribution in [0.25, 0.3) is 0 Å². The molecule has 112 valence electrons. The molecule has 0 saturated carbocycles. The smallest absolute Gasteiger partial charge is 0.218 e. The van der Waals surface area contributed by atoms with Crippen LogP contribution >= 0.6 is 11.6 Å². The zero-order valence-corrected chi connectivity index (χ0v) is 13.4. The molecule has 1 aromatic carbocycles. The van der Waals surface area contributed by atoms with E-state index < -0.39 is 9.84 Å². The summed E-state index contributed by atoms with van der Waals surface area (Å²) >= 11 is 5.76. The van der Waals surface area contributed by atoms with Crippen molar-refractivity contribution in [3.63, 3.8) is 0 Å². The predicted molar refractivity (Wildman–Crippen MR) is 82.3 cm³/mol. The highest BCUT2D eigenvalue weighted by Gasteiger charge is 2.23. The highest BCUT2D eigenvalue weighted by molar-refractivity contribution is 7.95. The van der Waals surface area contributed by atoms with E-state index in [9.17, 15) is 13.7 Å². The van der Waals surface area contributed by atoms with Crippen molar-refractivity contribution in [2.45, 2.75) is 24.7 Å². The molecule has 1 aliphatic heterocycles. The van der Waals surface area contributed by atoms with Crippen LogP contribution in [0.2, 0.25) is 5.02 Å². The molecule has 0 amide bonds. The maximum atomic E-state index is 12.5. The fourth-order valence-electron chi connectivity index (χ4n) is 2.22. The van der Waals surface area contributed by atoms with Crippen LogP contribution in [-0.2, 0) is 9.84 Å². The van der Waals surface area contributed by atoms with E-state index in [4.69, 9.17) is 11.6 Å². The zero-order chi connectivity index (χ0) is 15.5. The monoisotopic (exact) mass is 324 g/mol. The van der Waals surface area contributed by atoms with Crippen molar-refractivity contribution in [3.05, 3.63) is 40.4 Å². The highest BCUT2D eigenvalue weighted by Crippen LogP contribution is 2.23. The molecular formula is C15H17ClN2O2S. The van der Waals surface area contributed by atoms with Gasteiger partial charge in [-0.2, -0.15) is 5.26 Å². The Morgan fingerprint density at radius 1 is 1.33 bits per heavy atom. The van der Waals surface area contributed by atoms with E-state index in [1.165, 1.54) is 30.5 Å². The molecule has 1 saturated heterocycles. The molecule has 0 radical (unpaired) electrons. The van der Waals surface area contributed by atoms with E-state index in [0.717, 1.165) is 25.9 Å². The second kappa shape index (κ2) is 6.50. The van der Waals surface area contributed by atoms with Crippen LogP contribution in [0.5, 0.6) is 0 Å². The lowest BCUT2D eigenvalue weighted by atomic mass is 10.00. The van der Waals surface area contributed by atoms with Gasteiger partial charge in [0.1, 0.15) is 6.07 Å². The first-order valence-corrected chi connectivity index (χ1v) is 8.66. The summed E-state index contributed by atoms with van der Waals surface area (Å²) in [5.41, 5.74) is 0. The summed E-state index contributed by atoms with van der Waals surface area (Å²) in [6.07, 6.45) is 3.49. The number of nitriles is 1. The number of benzene rings is 1. The van der Waals surface area contributed by atoms with Crippen molar-refractivity contribution in [2.24, 2.45) is 5.92 Å². The average molecular weight is 325 g/mol. The number of halogens is 1. The van der Waals surface area contributed by atoms with Crippen LogP contribution < -0.4 is 0 Å². The topological polar surface area (TPSA) is 61.2 Å². The van der Waals surface area contributed by atoms with Gasteiger partial charge in [0.2, 0.25) is 9.84 Å². The summed E-state index contributed by atoms with van der Waals surface area (Å²) in [5, 5.41) is 9.67. The summed E-state index contributed by atoms with van der Waals surface area (Å²) in [4.78, 5) is 1.77. The molecule has 0 aliphatic carbocycles. The summed E-state index contributed by atoms with van der Waals surface area (Å²) < 4.78 is 24.9. The average Bonchev–Trinajstić information content (AvgIpc) is 2.47. The van der Waals surface area contributed by atoms with Gasteiger partial charge in [0.15, 0.2) is 4.91 Å². The Balaban J connectivity index is 2.28. The second-order valence-electron chi connectivity index (χ2n) is 5.28. The largest absolute Gasteiger partial charge is 0.376 e. The Bertz CT molecular complexity index is 667. The quantitative estimate of drug-likeness (QED) is 0.801. The van der Waals surface area contributed by atoms with Crippen molar-refractivity contribution in [2.75, 3.05) is 13.1 Å². The third-order valence-corrected chi connectivity index (χ3v) is 5.56. The number of rotatable bonds is 3. The Hall–Kier alpha value is -1.51. The number of nitrogens with zero attached hydrogens (tertiary/aromatic N) is 2. The number of allylic oxidation sites excluding steroid dienone is 1. The molecule has 1 aliphatic rings. The molecular weight excluding hydrogens is 308 g/mol. The fourth-order valence-corrected chi connectivity index (χ4v) is 3.50. The minimum atomic E-state index is -3.78. The molecule has 0 atom stereocenters. The van der Waals surface area contributed by atoms with Crippen LogP contribution in [-0.4, -0.2) is 26.4 Å². The van der Waals surface area contributed by atoms with Gasteiger partial charge >= 0.3 is 0 Å². The van der Waals surface area contributed by atoms with Gasteiger partial charge in [0.05, 0.1) is 4.90 Å². The van der Waals surface area contributed by atoms with Crippen molar-refractivity contribution in [1.29, 1.82) is 5.26 Å². The number of hydrogen-bond acceptors (Lipinski definition) is 4. The molecule has 21 heavy (non-hydrogen) atoms. The van der Waals surface area contributed by atoms with Gasteiger partial charge in [-0.1, -0.05) is 18.5 Å². The number of sulfone groups is 1. The highest BCUT2D eigenvalue weighted by atomic mass is 35.5. The van der Waals surface area contributed by atoms with Gasteiger partial charge in [0.25, 0.3) is 0 Å². The Morgan fingerprint density at radius 2 is 1.90 bits per heavy atom. The van der Waals surface area contributed by atoms with E-state index in [0.29, 0.717) is 10.9 Å². The van der Waals surface area contributed by atoms with Crippen LogP contribution in [0.1, 0.15) is 19.8 Å². The summed E-state index contributed by atoms with van der Waals surface area (Å²) in [6.45, 7) is 3.74. The van der Waals surface area contributed by atoms with E-state index in [1.54, 1.807) is 0 Å². The van der Waals surface area contributed by atoms with Crippen molar-refractivity contribution in [1.82, 2.24) is 4.90 Å². The van der Waals surface area contributed by atoms with Crippen LogP contribution in [0.15, 0.2) is 40.3 Å². The summed E-state index contributed by atoms with van der Waals surface area (Å²) in [6, 6.07) is 7.66. The number of piperidine rings is 1. The molecule has 0 N–H and O–H groups in total. The standard InChI is InChI=1S/C15H17ClN2O2S/c1-12-6-8-18(9-7-12)11-15(10-17)21(19,20)14-4-2-13(16)3-5-14/h2-5,11-12H,6-9H2,1H3/b15-11-. The first-order chi connectivity index (χ1) is 9.93. The van der Waals surface area contributed by atoms with E-state index in [1.807, 2.05) is 11.0 Å². The lowest BCUT2D eigenvalue weighted by Crippen LogP contribution is -2.29. The third kappa shape index (κ3) is 3.78. The van der Waals surface area contributed by atoms with E-state index in [-0.39, 0.29) is 9.80 Å². The molecule has 0 aromatic heterocycles. The molecule has 2 rings (SSSR count). The van der Waals surface area contributed by atoms with E-state index in [2.05, 4.69) is 6.92 Å². The van der Waals surface area contributed by atoms with Gasteiger partial charge in [0, 0.05) is 24.3 Å². The van der Waals surface area contributed by atoms with Crippen molar-refractivity contribution < 1.29 is 8.42 Å². The molecule has 1 fully saturated rings. The lowest BCUT2D eigenvalue weighted by Gasteiger charge is -2.29. The number of hydrogen-bond donors (Lipinski definition) is 0. The van der Waals surface area contributed by atoms with Gasteiger partial charge < -0.3 is 4.90 Å². The minimum Gasteiger partial charge on any atom is -0.376 e. The normalized spacial score (nSPS) is 17.6. The Kier molecular flexibility index (Phi) is 4.92. The van der Waals surface area contributed by atoms with Crippen LogP contribution in [0.3, 0.4) is 0 Å². The third-order valence-electron chi connectivity index (χ3n) is 3.64. The maximum absolute atomic E-state index is 12.5. The molecule has 1 aromatic rings. The Morgan fingerprint density at radius 3 is 2.43 bits per heavy atom. The SMILES string of the molecule is CC1CCN(/C=C(/C#N)S(=O)(=O)c2ccc(Cl)cc2)CC1. The van der Waals surface area contributed by atoms with Gasteiger partial charge in [-0.15, -0.1) is 0 Å². The summed E-state index contributed by atoms with van der Waals surface area (Å²) in [7, 11) is -3.78. The predicted octanol–water partition coefficient (Wildman–Crippen LogP) is 3.21. The van der Waals surface area contributed by atoms with Gasteiger partial charge in [-0.25, -0.2) is 8.42 Å². The van der Waals surface area contributed by atoms with Crippen LogP contribution in [0, 0.1) is 17.2 Å². The minimum absolute atomic E-state index is 0.0880. The maximum Gasteiger partial charge on any atom is 0.218 e. The van der Waals surface area contributed by atoms with Crippen molar-refractivity contribution in [3.8, 4) is 6.07 Å². The van der Waals surface area contributed by atoms with Gasteiger partial charge in [-0.05, 0) is 43.0 Å². The molecule has 6 heteroatoms. The van der Waals surface area contributed by atoms with Crippen LogP contribution in [0.4, 0.5) is 0 Å². The van der Waals surface area contributed by atoms with E-state index >= 15 is 0 Å². The molecule has 4 nitrogen and oxygen atoms in total. The molecule has 0 unspecified atom stereocenters. The second-order valence-corrected chi connectivity index (χ2v) is 7.64. The van der Waals surface area contributed by atoms with Crippen molar-refractivity contribution >= 4 is 21.4 Å².